The van der Waals surface area contributed by atoms with Gasteiger partial charge in [-0.1, -0.05) is 6.42 Å². The van der Waals surface area contributed by atoms with Crippen molar-refractivity contribution in [2.24, 2.45) is 5.73 Å². The normalized spacial score (nSPS) is 10.5. The molecule has 1 aromatic heterocycles. The molecule has 0 aliphatic rings. The fraction of sp³-hybridized carbons (Fsp3) is 0.600. The Labute approximate surface area is 78.6 Å². The van der Waals surface area contributed by atoms with Crippen LogP contribution in [0.25, 0.3) is 0 Å². The third-order valence-electron chi connectivity index (χ3n) is 1.92. The first kappa shape index (κ1) is 9.75. The highest BCUT2D eigenvalue weighted by atomic mass is 32.1. The van der Waals surface area contributed by atoms with Crippen LogP contribution in [0.2, 0.25) is 0 Å². The predicted octanol–water partition coefficient (Wildman–Crippen LogP) is 2.73. The molecule has 1 nitrogen and oxygen atoms in total. The van der Waals surface area contributed by atoms with Crippen LogP contribution < -0.4 is 5.73 Å². The maximum atomic E-state index is 5.41. The monoisotopic (exact) mass is 183 g/mol. The van der Waals surface area contributed by atoms with Gasteiger partial charge in [-0.25, -0.2) is 0 Å². The quantitative estimate of drug-likeness (QED) is 0.698. The number of hydrogen-bond acceptors (Lipinski definition) is 2. The molecule has 1 rings (SSSR count). The summed E-state index contributed by atoms with van der Waals surface area (Å²) in [5, 5.41) is 0. The van der Waals surface area contributed by atoms with Crippen molar-refractivity contribution in [3.63, 3.8) is 0 Å². The molecule has 0 radical (unpaired) electrons. The van der Waals surface area contributed by atoms with Crippen molar-refractivity contribution >= 4 is 11.3 Å². The van der Waals surface area contributed by atoms with Gasteiger partial charge in [0.1, 0.15) is 0 Å². The van der Waals surface area contributed by atoms with Gasteiger partial charge in [-0.2, -0.15) is 0 Å². The Kier molecular flexibility index (Phi) is 4.33. The van der Waals surface area contributed by atoms with E-state index in [2.05, 4.69) is 19.1 Å². The van der Waals surface area contributed by atoms with Crippen LogP contribution >= 0.6 is 11.3 Å². The van der Waals surface area contributed by atoms with Crippen LogP contribution in [0.4, 0.5) is 0 Å². The van der Waals surface area contributed by atoms with Crippen molar-refractivity contribution in [2.75, 3.05) is 6.54 Å². The maximum Gasteiger partial charge on any atom is 0.00480 e. The fourth-order valence-electron chi connectivity index (χ4n) is 1.24. The van der Waals surface area contributed by atoms with Gasteiger partial charge in [-0.15, -0.1) is 11.3 Å². The van der Waals surface area contributed by atoms with Crippen molar-refractivity contribution in [1.82, 2.24) is 0 Å². The van der Waals surface area contributed by atoms with Gasteiger partial charge in [0, 0.05) is 9.75 Å². The molecule has 0 aromatic carbocycles. The molecule has 0 aliphatic carbocycles. The molecular formula is C10H17NS. The van der Waals surface area contributed by atoms with Crippen LogP contribution in [0, 0.1) is 6.92 Å². The Hall–Kier alpha value is -0.340. The second kappa shape index (κ2) is 5.33. The van der Waals surface area contributed by atoms with Crippen molar-refractivity contribution < 1.29 is 0 Å². The summed E-state index contributed by atoms with van der Waals surface area (Å²) in [7, 11) is 0. The van der Waals surface area contributed by atoms with Gasteiger partial charge in [-0.3, -0.25) is 0 Å². The highest BCUT2D eigenvalue weighted by Gasteiger charge is 1.95. The van der Waals surface area contributed by atoms with Crippen molar-refractivity contribution in [2.45, 2.75) is 32.6 Å². The third kappa shape index (κ3) is 3.37. The van der Waals surface area contributed by atoms with Gasteiger partial charge < -0.3 is 5.73 Å². The largest absolute Gasteiger partial charge is 0.330 e. The molecule has 68 valence electrons. The van der Waals surface area contributed by atoms with Gasteiger partial charge in [-0.05, 0) is 44.9 Å². The van der Waals surface area contributed by atoms with E-state index >= 15 is 0 Å². The number of aryl methyl sites for hydroxylation is 2. The Bertz CT molecular complexity index is 217. The van der Waals surface area contributed by atoms with Gasteiger partial charge >= 0.3 is 0 Å². The number of nitrogens with two attached hydrogens (primary N) is 1. The summed E-state index contributed by atoms with van der Waals surface area (Å²) in [6.07, 6.45) is 4.97. The Morgan fingerprint density at radius 2 is 2.08 bits per heavy atom. The molecule has 2 heteroatoms. The molecule has 2 N–H and O–H groups in total. The molecule has 0 amide bonds. The zero-order valence-corrected chi connectivity index (χ0v) is 8.49. The van der Waals surface area contributed by atoms with Crippen LogP contribution in [0.5, 0.6) is 0 Å². The topological polar surface area (TPSA) is 26.0 Å². The first-order chi connectivity index (χ1) is 5.83. The minimum absolute atomic E-state index is 0.837. The second-order valence-corrected chi connectivity index (χ2v) is 4.48. The number of unbranched alkanes of at least 4 members (excludes halogenated alkanes) is 2. The Morgan fingerprint density at radius 1 is 1.25 bits per heavy atom. The average molecular weight is 183 g/mol. The lowest BCUT2D eigenvalue weighted by Crippen LogP contribution is -1.97. The zero-order chi connectivity index (χ0) is 8.81. The molecule has 0 fully saturated rings. The van der Waals surface area contributed by atoms with E-state index in [0.717, 1.165) is 6.54 Å². The summed E-state index contributed by atoms with van der Waals surface area (Å²) in [5.41, 5.74) is 5.41. The SMILES string of the molecule is Cc1ccc(CCCCCN)s1. The van der Waals surface area contributed by atoms with Crippen LogP contribution in [-0.2, 0) is 6.42 Å². The van der Waals surface area contributed by atoms with E-state index in [9.17, 15) is 0 Å². The molecule has 0 bridgehead atoms. The summed E-state index contributed by atoms with van der Waals surface area (Å²) < 4.78 is 0. The highest BCUT2D eigenvalue weighted by molar-refractivity contribution is 7.11. The highest BCUT2D eigenvalue weighted by Crippen LogP contribution is 2.17. The molecule has 0 unspecified atom stereocenters. The third-order valence-corrected chi connectivity index (χ3v) is 2.98. The molecular weight excluding hydrogens is 166 g/mol. The fourth-order valence-corrected chi connectivity index (χ4v) is 2.17. The molecule has 0 atom stereocenters. The lowest BCUT2D eigenvalue weighted by Gasteiger charge is -1.96. The Balaban J connectivity index is 2.15. The summed E-state index contributed by atoms with van der Waals surface area (Å²) >= 11 is 1.91. The van der Waals surface area contributed by atoms with Crippen LogP contribution in [-0.4, -0.2) is 6.54 Å². The molecule has 12 heavy (non-hydrogen) atoms. The van der Waals surface area contributed by atoms with E-state index in [1.165, 1.54) is 35.4 Å². The van der Waals surface area contributed by atoms with Gasteiger partial charge in [0.2, 0.25) is 0 Å². The summed E-state index contributed by atoms with van der Waals surface area (Å²) in [6, 6.07) is 4.44. The zero-order valence-electron chi connectivity index (χ0n) is 7.68. The van der Waals surface area contributed by atoms with E-state index < -0.39 is 0 Å². The van der Waals surface area contributed by atoms with E-state index in [1.54, 1.807) is 0 Å². The summed E-state index contributed by atoms with van der Waals surface area (Å²) in [4.78, 5) is 2.94. The molecule has 0 aliphatic heterocycles. The van der Waals surface area contributed by atoms with Gasteiger partial charge in [0.15, 0.2) is 0 Å². The maximum absolute atomic E-state index is 5.41. The van der Waals surface area contributed by atoms with Crippen molar-refractivity contribution in [1.29, 1.82) is 0 Å². The standard InChI is InChI=1S/C10H17NS/c1-9-6-7-10(12-9)5-3-2-4-8-11/h6-7H,2-5,8,11H2,1H3. The average Bonchev–Trinajstić information content (AvgIpc) is 2.45. The second-order valence-electron chi connectivity index (χ2n) is 3.11. The van der Waals surface area contributed by atoms with Crippen LogP contribution in [0.15, 0.2) is 12.1 Å². The van der Waals surface area contributed by atoms with Crippen LogP contribution in [0.1, 0.15) is 29.0 Å². The van der Waals surface area contributed by atoms with E-state index in [1.807, 2.05) is 11.3 Å². The van der Waals surface area contributed by atoms with Crippen LogP contribution in [0.3, 0.4) is 0 Å². The number of thiophene rings is 1. The Morgan fingerprint density at radius 3 is 2.67 bits per heavy atom. The predicted molar refractivity (Wildman–Crippen MR) is 55.7 cm³/mol. The molecule has 1 heterocycles. The molecule has 1 aromatic rings. The lowest BCUT2D eigenvalue weighted by atomic mass is 10.2. The van der Waals surface area contributed by atoms with Crippen molar-refractivity contribution in [3.05, 3.63) is 21.9 Å². The van der Waals surface area contributed by atoms with Gasteiger partial charge in [0.25, 0.3) is 0 Å². The van der Waals surface area contributed by atoms with E-state index in [0.29, 0.717) is 0 Å². The smallest absolute Gasteiger partial charge is 0.00480 e. The molecule has 0 saturated heterocycles. The van der Waals surface area contributed by atoms with E-state index in [-0.39, 0.29) is 0 Å². The minimum atomic E-state index is 0.837. The van der Waals surface area contributed by atoms with Gasteiger partial charge in [0.05, 0.1) is 0 Å². The summed E-state index contributed by atoms with van der Waals surface area (Å²) in [5.74, 6) is 0. The molecule has 0 spiro atoms. The number of rotatable bonds is 5. The molecule has 0 saturated carbocycles. The minimum Gasteiger partial charge on any atom is -0.330 e. The van der Waals surface area contributed by atoms with E-state index in [4.69, 9.17) is 5.73 Å². The lowest BCUT2D eigenvalue weighted by molar-refractivity contribution is 0.690. The first-order valence-electron chi connectivity index (χ1n) is 4.58. The summed E-state index contributed by atoms with van der Waals surface area (Å²) in [6.45, 7) is 3.00. The van der Waals surface area contributed by atoms with Crippen molar-refractivity contribution in [3.8, 4) is 0 Å². The number of hydrogen-bond donors (Lipinski definition) is 1. The first-order valence-corrected chi connectivity index (χ1v) is 5.40.